The van der Waals surface area contributed by atoms with Gasteiger partial charge < -0.3 is 20.1 Å². The van der Waals surface area contributed by atoms with Gasteiger partial charge in [-0.05, 0) is 30.3 Å². The lowest BCUT2D eigenvalue weighted by atomic mass is 10.1. The molecule has 128 valence electrons. The zero-order valence-corrected chi connectivity index (χ0v) is 14.1. The predicted octanol–water partition coefficient (Wildman–Crippen LogP) is 2.30. The maximum absolute atomic E-state index is 12.4. The summed E-state index contributed by atoms with van der Waals surface area (Å²) in [5.74, 6) is 1.53. The second kappa shape index (κ2) is 6.68. The van der Waals surface area contributed by atoms with E-state index in [0.717, 1.165) is 4.90 Å². The van der Waals surface area contributed by atoms with Crippen LogP contribution in [-0.2, 0) is 4.79 Å². The van der Waals surface area contributed by atoms with Crippen molar-refractivity contribution in [3.63, 3.8) is 0 Å². The molecule has 0 saturated carbocycles. The first-order chi connectivity index (χ1) is 12.2. The number of carbonyl (C=O) groups excluding carboxylic acids is 2. The summed E-state index contributed by atoms with van der Waals surface area (Å²) >= 11 is 1.47. The van der Waals surface area contributed by atoms with Crippen molar-refractivity contribution < 1.29 is 19.1 Å². The number of fused-ring (bicyclic) bond motifs is 2. The highest BCUT2D eigenvalue weighted by atomic mass is 32.2. The van der Waals surface area contributed by atoms with E-state index < -0.39 is 0 Å². The number of hydrogen-bond acceptors (Lipinski definition) is 5. The Hall–Kier alpha value is -2.67. The maximum atomic E-state index is 12.4. The molecule has 2 aliphatic heterocycles. The highest BCUT2D eigenvalue weighted by Gasteiger charge is 2.22. The van der Waals surface area contributed by atoms with Crippen LogP contribution in [0.2, 0.25) is 0 Å². The minimum atomic E-state index is -0.244. The molecule has 0 spiro atoms. The molecule has 25 heavy (non-hydrogen) atoms. The van der Waals surface area contributed by atoms with Crippen LogP contribution in [0.1, 0.15) is 10.4 Å². The number of ether oxygens (including phenoxy) is 2. The maximum Gasteiger partial charge on any atom is 0.251 e. The van der Waals surface area contributed by atoms with Gasteiger partial charge in [-0.15, -0.1) is 11.8 Å². The fourth-order valence-corrected chi connectivity index (χ4v) is 3.49. The zero-order chi connectivity index (χ0) is 17.2. The standard InChI is InChI=1S/C18H16N2O4S/c21-17-10-25-16-6-5-11(7-13(16)20-17)18(22)19-8-12-9-23-14-3-1-2-4-15(14)24-12/h1-7,12H,8-10H2,(H,19,22)(H,20,21). The smallest absolute Gasteiger partial charge is 0.251 e. The molecule has 2 heterocycles. The Kier molecular flexibility index (Phi) is 4.23. The number of para-hydroxylation sites is 2. The second-order valence-electron chi connectivity index (χ2n) is 5.76. The van der Waals surface area contributed by atoms with E-state index in [1.54, 1.807) is 12.1 Å². The first kappa shape index (κ1) is 15.8. The molecule has 2 aromatic carbocycles. The molecule has 0 radical (unpaired) electrons. The van der Waals surface area contributed by atoms with Gasteiger partial charge in [0.05, 0.1) is 18.0 Å². The first-order valence-corrected chi connectivity index (χ1v) is 8.91. The van der Waals surface area contributed by atoms with Crippen molar-refractivity contribution in [1.29, 1.82) is 0 Å². The summed E-state index contributed by atoms with van der Waals surface area (Å²) in [6.07, 6.45) is -0.244. The third-order valence-electron chi connectivity index (χ3n) is 3.93. The zero-order valence-electron chi connectivity index (χ0n) is 13.3. The number of thioether (sulfide) groups is 1. The number of anilines is 1. The molecule has 2 N–H and O–H groups in total. The lowest BCUT2D eigenvalue weighted by Crippen LogP contribution is -2.40. The molecule has 0 fully saturated rings. The van der Waals surface area contributed by atoms with Crippen LogP contribution in [0.4, 0.5) is 5.69 Å². The molecule has 0 saturated heterocycles. The van der Waals surface area contributed by atoms with Crippen molar-refractivity contribution in [2.75, 3.05) is 24.2 Å². The van der Waals surface area contributed by atoms with Gasteiger partial charge in [-0.25, -0.2) is 0 Å². The van der Waals surface area contributed by atoms with Crippen molar-refractivity contribution in [3.05, 3.63) is 48.0 Å². The largest absolute Gasteiger partial charge is 0.486 e. The van der Waals surface area contributed by atoms with Gasteiger partial charge in [-0.2, -0.15) is 0 Å². The Morgan fingerprint density at radius 3 is 2.96 bits per heavy atom. The van der Waals surface area contributed by atoms with Gasteiger partial charge >= 0.3 is 0 Å². The number of amides is 2. The van der Waals surface area contributed by atoms with Crippen molar-refractivity contribution in [3.8, 4) is 11.5 Å². The van der Waals surface area contributed by atoms with Crippen molar-refractivity contribution >= 4 is 29.3 Å². The second-order valence-corrected chi connectivity index (χ2v) is 6.77. The van der Waals surface area contributed by atoms with Crippen LogP contribution in [0.3, 0.4) is 0 Å². The fourth-order valence-electron chi connectivity index (χ4n) is 2.70. The average molecular weight is 356 g/mol. The van der Waals surface area contributed by atoms with E-state index in [1.807, 2.05) is 30.3 Å². The molecule has 0 aliphatic carbocycles. The van der Waals surface area contributed by atoms with Crippen LogP contribution >= 0.6 is 11.8 Å². The molecular formula is C18H16N2O4S. The summed E-state index contributed by atoms with van der Waals surface area (Å²) in [6, 6.07) is 12.8. The number of rotatable bonds is 3. The van der Waals surface area contributed by atoms with E-state index in [0.29, 0.717) is 41.7 Å². The van der Waals surface area contributed by atoms with Crippen LogP contribution in [0, 0.1) is 0 Å². The number of benzene rings is 2. The Morgan fingerprint density at radius 2 is 2.08 bits per heavy atom. The van der Waals surface area contributed by atoms with E-state index >= 15 is 0 Å². The summed E-state index contributed by atoms with van der Waals surface area (Å²) in [4.78, 5) is 24.8. The summed E-state index contributed by atoms with van der Waals surface area (Å²) in [6.45, 7) is 0.722. The van der Waals surface area contributed by atoms with Crippen LogP contribution in [-0.4, -0.2) is 36.8 Å². The van der Waals surface area contributed by atoms with Crippen molar-refractivity contribution in [1.82, 2.24) is 5.32 Å². The highest BCUT2D eigenvalue weighted by molar-refractivity contribution is 8.00. The number of nitrogens with one attached hydrogen (secondary N) is 2. The summed E-state index contributed by atoms with van der Waals surface area (Å²) in [7, 11) is 0. The Bertz CT molecular complexity index is 840. The quantitative estimate of drug-likeness (QED) is 0.883. The number of carbonyl (C=O) groups is 2. The molecule has 7 heteroatoms. The molecule has 4 rings (SSSR count). The van der Waals surface area contributed by atoms with Gasteiger partial charge in [0.2, 0.25) is 5.91 Å². The third-order valence-corrected chi connectivity index (χ3v) is 5.01. The van der Waals surface area contributed by atoms with Gasteiger partial charge in [0.15, 0.2) is 11.5 Å². The summed E-state index contributed by atoms with van der Waals surface area (Å²) < 4.78 is 11.5. The van der Waals surface area contributed by atoms with E-state index in [-0.39, 0.29) is 17.9 Å². The Morgan fingerprint density at radius 1 is 1.24 bits per heavy atom. The summed E-state index contributed by atoms with van der Waals surface area (Å²) in [5.41, 5.74) is 1.18. The topological polar surface area (TPSA) is 76.7 Å². The normalized spacial score (nSPS) is 18.1. The molecule has 0 bridgehead atoms. The van der Waals surface area contributed by atoms with Crippen molar-refractivity contribution in [2.24, 2.45) is 0 Å². The minimum absolute atomic E-state index is 0.0542. The van der Waals surface area contributed by atoms with Crippen LogP contribution < -0.4 is 20.1 Å². The van der Waals surface area contributed by atoms with Crippen molar-refractivity contribution in [2.45, 2.75) is 11.0 Å². The monoisotopic (exact) mass is 356 g/mol. The van der Waals surface area contributed by atoms with Gasteiger partial charge in [0.1, 0.15) is 12.7 Å². The van der Waals surface area contributed by atoms with Crippen LogP contribution in [0.25, 0.3) is 0 Å². The first-order valence-electron chi connectivity index (χ1n) is 7.92. The molecule has 2 aromatic rings. The predicted molar refractivity (Wildman–Crippen MR) is 94.5 cm³/mol. The van der Waals surface area contributed by atoms with E-state index in [4.69, 9.17) is 9.47 Å². The third kappa shape index (κ3) is 3.41. The summed E-state index contributed by atoms with van der Waals surface area (Å²) in [5, 5.41) is 5.64. The molecule has 1 unspecified atom stereocenters. The average Bonchev–Trinajstić information content (AvgIpc) is 2.65. The molecule has 1 atom stereocenters. The molecule has 6 nitrogen and oxygen atoms in total. The molecule has 0 aromatic heterocycles. The lowest BCUT2D eigenvalue weighted by molar-refractivity contribution is -0.113. The van der Waals surface area contributed by atoms with Gasteiger partial charge in [-0.3, -0.25) is 9.59 Å². The van der Waals surface area contributed by atoms with E-state index in [9.17, 15) is 9.59 Å². The van der Waals surface area contributed by atoms with E-state index in [1.165, 1.54) is 11.8 Å². The molecule has 2 aliphatic rings. The fraction of sp³-hybridized carbons (Fsp3) is 0.222. The lowest BCUT2D eigenvalue weighted by Gasteiger charge is -2.26. The molecular weight excluding hydrogens is 340 g/mol. The van der Waals surface area contributed by atoms with Crippen LogP contribution in [0.5, 0.6) is 11.5 Å². The van der Waals surface area contributed by atoms with Gasteiger partial charge in [0.25, 0.3) is 5.91 Å². The SMILES string of the molecule is O=C1CSc2ccc(C(=O)NCC3COc4ccccc4O3)cc2N1. The number of hydrogen-bond donors (Lipinski definition) is 2. The van der Waals surface area contributed by atoms with Gasteiger partial charge in [0, 0.05) is 10.5 Å². The van der Waals surface area contributed by atoms with Gasteiger partial charge in [-0.1, -0.05) is 12.1 Å². The van der Waals surface area contributed by atoms with E-state index in [2.05, 4.69) is 10.6 Å². The Balaban J connectivity index is 1.38. The minimum Gasteiger partial charge on any atom is -0.486 e. The van der Waals surface area contributed by atoms with Crippen LogP contribution in [0.15, 0.2) is 47.4 Å². The highest BCUT2D eigenvalue weighted by Crippen LogP contribution is 2.32. The Labute approximate surface area is 148 Å². The molecule has 2 amide bonds.